The van der Waals surface area contributed by atoms with Gasteiger partial charge in [-0.15, -0.1) is 0 Å². The molecule has 0 radical (unpaired) electrons. The minimum atomic E-state index is 0.00643. The van der Waals surface area contributed by atoms with E-state index in [1.807, 2.05) is 57.1 Å². The first-order valence-electron chi connectivity index (χ1n) is 12.3. The molecule has 1 saturated heterocycles. The van der Waals surface area contributed by atoms with Crippen LogP contribution in [0, 0.1) is 0 Å². The highest BCUT2D eigenvalue weighted by Crippen LogP contribution is 2.26. The first-order valence-corrected chi connectivity index (χ1v) is 12.3. The van der Waals surface area contributed by atoms with Gasteiger partial charge in [-0.05, 0) is 55.9 Å². The fourth-order valence-electron chi connectivity index (χ4n) is 5.01. The van der Waals surface area contributed by atoms with Gasteiger partial charge in [-0.1, -0.05) is 24.3 Å². The number of aryl methyl sites for hydroxylation is 2. The molecule has 7 nitrogen and oxygen atoms in total. The zero-order valence-electron chi connectivity index (χ0n) is 19.5. The van der Waals surface area contributed by atoms with E-state index in [0.29, 0.717) is 30.8 Å². The molecule has 2 amide bonds. The standard InChI is InChI=1S/C27H31N5O2/c33-26(22-11-3-1-4-12-22)31-18-13-24-23(20-31)25(27(34)30-15-5-2-6-16-30)29-32(24)17-8-10-21-9-7-14-28-19-21/h1,3-4,7,9,11-12,14,19H,2,5-6,8,10,13,15-18,20H2. The highest BCUT2D eigenvalue weighted by Gasteiger charge is 2.32. The largest absolute Gasteiger partial charge is 0.337 e. The zero-order chi connectivity index (χ0) is 23.3. The van der Waals surface area contributed by atoms with E-state index < -0.39 is 0 Å². The van der Waals surface area contributed by atoms with Gasteiger partial charge in [-0.2, -0.15) is 5.10 Å². The number of carbonyl (C=O) groups excluding carboxylic acids is 2. The van der Waals surface area contributed by atoms with Gasteiger partial charge in [0.2, 0.25) is 0 Å². The summed E-state index contributed by atoms with van der Waals surface area (Å²) in [4.78, 5) is 34.6. The van der Waals surface area contributed by atoms with E-state index in [9.17, 15) is 9.59 Å². The number of likely N-dealkylation sites (tertiary alicyclic amines) is 1. The first-order chi connectivity index (χ1) is 16.7. The van der Waals surface area contributed by atoms with E-state index in [1.165, 1.54) is 12.0 Å². The number of fused-ring (bicyclic) bond motifs is 1. The van der Waals surface area contributed by atoms with Crippen molar-refractivity contribution < 1.29 is 9.59 Å². The van der Waals surface area contributed by atoms with Crippen molar-refractivity contribution in [3.63, 3.8) is 0 Å². The van der Waals surface area contributed by atoms with Crippen LogP contribution in [0.3, 0.4) is 0 Å². The Balaban J connectivity index is 1.39. The van der Waals surface area contributed by atoms with Crippen molar-refractivity contribution in [3.05, 3.63) is 82.9 Å². The summed E-state index contributed by atoms with van der Waals surface area (Å²) in [5.74, 6) is 0.0166. The molecule has 0 atom stereocenters. The number of benzene rings is 1. The van der Waals surface area contributed by atoms with Gasteiger partial charge < -0.3 is 9.80 Å². The number of hydrogen-bond acceptors (Lipinski definition) is 4. The second kappa shape index (κ2) is 10.2. The summed E-state index contributed by atoms with van der Waals surface area (Å²) < 4.78 is 2.02. The van der Waals surface area contributed by atoms with Crippen molar-refractivity contribution in [2.75, 3.05) is 19.6 Å². The van der Waals surface area contributed by atoms with Crippen molar-refractivity contribution in [3.8, 4) is 0 Å². The van der Waals surface area contributed by atoms with Crippen LogP contribution in [-0.4, -0.2) is 56.0 Å². The zero-order valence-corrected chi connectivity index (χ0v) is 19.5. The molecule has 0 bridgehead atoms. The van der Waals surface area contributed by atoms with Crippen molar-refractivity contribution >= 4 is 11.8 Å². The summed E-state index contributed by atoms with van der Waals surface area (Å²) in [5.41, 5.74) is 4.44. The van der Waals surface area contributed by atoms with Crippen molar-refractivity contribution in [1.82, 2.24) is 24.6 Å². The van der Waals surface area contributed by atoms with E-state index in [1.54, 1.807) is 6.20 Å². The molecule has 7 heteroatoms. The van der Waals surface area contributed by atoms with Crippen LogP contribution < -0.4 is 0 Å². The highest BCUT2D eigenvalue weighted by molar-refractivity contribution is 5.96. The van der Waals surface area contributed by atoms with Crippen LogP contribution in [-0.2, 0) is 25.9 Å². The lowest BCUT2D eigenvalue weighted by Crippen LogP contribution is -2.39. The van der Waals surface area contributed by atoms with Crippen LogP contribution >= 0.6 is 0 Å². The van der Waals surface area contributed by atoms with Crippen LogP contribution in [0.25, 0.3) is 0 Å². The van der Waals surface area contributed by atoms with Gasteiger partial charge >= 0.3 is 0 Å². The van der Waals surface area contributed by atoms with Crippen LogP contribution in [0.15, 0.2) is 54.9 Å². The molecule has 2 aliphatic heterocycles. The van der Waals surface area contributed by atoms with E-state index in [4.69, 9.17) is 5.10 Å². The number of aromatic nitrogens is 3. The average Bonchev–Trinajstić information content (AvgIpc) is 3.27. The molecule has 0 aliphatic carbocycles. The fourth-order valence-corrected chi connectivity index (χ4v) is 5.01. The van der Waals surface area contributed by atoms with E-state index in [2.05, 4.69) is 11.1 Å². The Morgan fingerprint density at radius 2 is 1.71 bits per heavy atom. The van der Waals surface area contributed by atoms with Crippen LogP contribution in [0.5, 0.6) is 0 Å². The van der Waals surface area contributed by atoms with Gasteiger partial charge in [0.1, 0.15) is 0 Å². The maximum atomic E-state index is 13.5. The lowest BCUT2D eigenvalue weighted by atomic mass is 10.0. The predicted molar refractivity (Wildman–Crippen MR) is 129 cm³/mol. The summed E-state index contributed by atoms with van der Waals surface area (Å²) >= 11 is 0. The van der Waals surface area contributed by atoms with Crippen LogP contribution in [0.2, 0.25) is 0 Å². The highest BCUT2D eigenvalue weighted by atomic mass is 16.2. The van der Waals surface area contributed by atoms with Crippen LogP contribution in [0.4, 0.5) is 0 Å². The molecule has 2 aliphatic rings. The molecule has 1 fully saturated rings. The lowest BCUT2D eigenvalue weighted by Gasteiger charge is -2.29. The Morgan fingerprint density at radius 1 is 0.882 bits per heavy atom. The van der Waals surface area contributed by atoms with Crippen molar-refractivity contribution in [2.45, 2.75) is 51.6 Å². The van der Waals surface area contributed by atoms with Gasteiger partial charge in [0, 0.05) is 61.8 Å². The molecule has 0 saturated carbocycles. The van der Waals surface area contributed by atoms with Gasteiger partial charge in [-0.3, -0.25) is 19.3 Å². The average molecular weight is 458 g/mol. The van der Waals surface area contributed by atoms with Gasteiger partial charge in [0.15, 0.2) is 5.69 Å². The second-order valence-corrected chi connectivity index (χ2v) is 9.16. The van der Waals surface area contributed by atoms with Gasteiger partial charge in [0.25, 0.3) is 11.8 Å². The Labute approximate surface area is 200 Å². The van der Waals surface area contributed by atoms with E-state index in [0.717, 1.165) is 56.6 Å². The molecule has 176 valence electrons. The number of amides is 2. The monoisotopic (exact) mass is 457 g/mol. The Hall–Kier alpha value is -3.48. The summed E-state index contributed by atoms with van der Waals surface area (Å²) in [7, 11) is 0. The molecule has 34 heavy (non-hydrogen) atoms. The number of hydrogen-bond donors (Lipinski definition) is 0. The minimum absolute atomic E-state index is 0.00643. The van der Waals surface area contributed by atoms with E-state index >= 15 is 0 Å². The third kappa shape index (κ3) is 4.74. The summed E-state index contributed by atoms with van der Waals surface area (Å²) in [5, 5.41) is 4.84. The predicted octanol–water partition coefficient (Wildman–Crippen LogP) is 3.74. The number of rotatable bonds is 6. The Bertz CT molecular complexity index is 1140. The molecule has 0 N–H and O–H groups in total. The summed E-state index contributed by atoms with van der Waals surface area (Å²) in [6, 6.07) is 13.4. The molecule has 0 unspecified atom stereocenters. The second-order valence-electron chi connectivity index (χ2n) is 9.16. The maximum Gasteiger partial charge on any atom is 0.274 e. The third-order valence-corrected chi connectivity index (χ3v) is 6.85. The third-order valence-electron chi connectivity index (χ3n) is 6.85. The number of nitrogens with zero attached hydrogens (tertiary/aromatic N) is 5. The number of piperidine rings is 1. The topological polar surface area (TPSA) is 71.3 Å². The molecule has 1 aromatic carbocycles. The van der Waals surface area contributed by atoms with Crippen LogP contribution in [0.1, 0.15) is 63.4 Å². The van der Waals surface area contributed by atoms with Crippen molar-refractivity contribution in [1.29, 1.82) is 0 Å². The molecule has 5 rings (SSSR count). The van der Waals surface area contributed by atoms with Crippen molar-refractivity contribution in [2.24, 2.45) is 0 Å². The fraction of sp³-hybridized carbons (Fsp3) is 0.407. The molecule has 0 spiro atoms. The van der Waals surface area contributed by atoms with Gasteiger partial charge in [0.05, 0.1) is 6.54 Å². The number of carbonyl (C=O) groups is 2. The summed E-state index contributed by atoms with van der Waals surface area (Å²) in [6.45, 7) is 3.38. The minimum Gasteiger partial charge on any atom is -0.337 e. The smallest absolute Gasteiger partial charge is 0.274 e. The Morgan fingerprint density at radius 3 is 2.47 bits per heavy atom. The molecular formula is C27H31N5O2. The van der Waals surface area contributed by atoms with E-state index in [-0.39, 0.29) is 11.8 Å². The van der Waals surface area contributed by atoms with Gasteiger partial charge in [-0.25, -0.2) is 0 Å². The quantitative estimate of drug-likeness (QED) is 0.565. The molecule has 3 aromatic rings. The first kappa shape index (κ1) is 22.3. The normalized spacial score (nSPS) is 15.8. The Kier molecular flexibility index (Phi) is 6.70. The molecular weight excluding hydrogens is 426 g/mol. The maximum absolute atomic E-state index is 13.5. The summed E-state index contributed by atoms with van der Waals surface area (Å²) in [6.07, 6.45) is 9.48. The SMILES string of the molecule is O=C(c1ccccc1)N1CCc2c(c(C(=O)N3CCCCC3)nn2CCCc2cccnc2)C1. The lowest BCUT2D eigenvalue weighted by molar-refractivity contribution is 0.0697. The molecule has 2 aromatic heterocycles. The number of pyridine rings is 1. The molecule has 4 heterocycles.